The van der Waals surface area contributed by atoms with Crippen molar-refractivity contribution in [3.63, 3.8) is 0 Å². The molecule has 1 aromatic carbocycles. The van der Waals surface area contributed by atoms with Crippen LogP contribution in [0, 0.1) is 5.92 Å². The van der Waals surface area contributed by atoms with Gasteiger partial charge in [0.1, 0.15) is 14.8 Å². The number of halogens is 1. The number of thiophene rings is 2. The molecule has 1 atom stereocenters. The number of methoxy groups -OCH3 is 1. The third-order valence-corrected chi connectivity index (χ3v) is 9.77. The smallest absolute Gasteiger partial charge is 0.341 e. The van der Waals surface area contributed by atoms with Crippen LogP contribution in [0.15, 0.2) is 40.6 Å². The van der Waals surface area contributed by atoms with E-state index in [1.165, 1.54) is 28.8 Å². The van der Waals surface area contributed by atoms with Gasteiger partial charge in [0.2, 0.25) is 5.91 Å². The van der Waals surface area contributed by atoms with E-state index >= 15 is 0 Å². The Labute approximate surface area is 192 Å². The molecule has 4 rings (SSSR count). The second-order valence-corrected chi connectivity index (χ2v) is 12.0. The molecule has 2 aromatic heterocycles. The topological polar surface area (TPSA) is 92.8 Å². The zero-order valence-electron chi connectivity index (χ0n) is 16.5. The maximum atomic E-state index is 13.0. The van der Waals surface area contributed by atoms with Gasteiger partial charge in [0.15, 0.2) is 0 Å². The fourth-order valence-corrected chi connectivity index (χ4v) is 7.84. The van der Waals surface area contributed by atoms with Crippen molar-refractivity contribution in [3.8, 4) is 0 Å². The zero-order valence-corrected chi connectivity index (χ0v) is 19.7. The Hall–Kier alpha value is -1.98. The number of benzene rings is 1. The van der Waals surface area contributed by atoms with Crippen LogP contribution in [0.3, 0.4) is 0 Å². The number of carbonyl (C=O) groups is 2. The molecule has 7 nitrogen and oxygen atoms in total. The van der Waals surface area contributed by atoms with Crippen molar-refractivity contribution in [1.29, 1.82) is 0 Å². The lowest BCUT2D eigenvalue weighted by atomic mass is 9.99. The van der Waals surface area contributed by atoms with Crippen molar-refractivity contribution in [2.45, 2.75) is 17.1 Å². The van der Waals surface area contributed by atoms with Crippen molar-refractivity contribution < 1.29 is 22.7 Å². The first-order chi connectivity index (χ1) is 14.8. The van der Waals surface area contributed by atoms with Gasteiger partial charge in [-0.1, -0.05) is 29.8 Å². The van der Waals surface area contributed by atoms with Gasteiger partial charge in [-0.25, -0.2) is 13.2 Å². The fraction of sp³-hybridized carbons (Fsp3) is 0.300. The number of rotatable bonds is 5. The summed E-state index contributed by atoms with van der Waals surface area (Å²) < 4.78 is 33.5. The highest BCUT2D eigenvalue weighted by Gasteiger charge is 2.35. The summed E-state index contributed by atoms with van der Waals surface area (Å²) in [7, 11) is -2.42. The van der Waals surface area contributed by atoms with Crippen molar-refractivity contribution in [1.82, 2.24) is 4.31 Å². The molecule has 1 aliphatic heterocycles. The number of fused-ring (bicyclic) bond motifs is 1. The van der Waals surface area contributed by atoms with E-state index in [0.717, 1.165) is 16.0 Å². The Bertz CT molecular complexity index is 1250. The average Bonchev–Trinajstić information content (AvgIpc) is 3.37. The molecule has 0 saturated carbocycles. The summed E-state index contributed by atoms with van der Waals surface area (Å²) in [6.07, 6.45) is 1.12. The van der Waals surface area contributed by atoms with Crippen LogP contribution in [0.5, 0.6) is 0 Å². The highest BCUT2D eigenvalue weighted by molar-refractivity contribution is 7.91. The van der Waals surface area contributed by atoms with Crippen LogP contribution in [0.25, 0.3) is 10.1 Å². The van der Waals surface area contributed by atoms with Crippen LogP contribution in [-0.4, -0.2) is 44.8 Å². The number of hydrogen-bond acceptors (Lipinski definition) is 7. The van der Waals surface area contributed by atoms with Gasteiger partial charge in [0.25, 0.3) is 10.0 Å². The molecule has 1 aliphatic rings. The number of anilines is 1. The van der Waals surface area contributed by atoms with Gasteiger partial charge < -0.3 is 10.1 Å². The number of nitrogens with zero attached hydrogens (tertiary/aromatic N) is 1. The summed E-state index contributed by atoms with van der Waals surface area (Å²) in [5.74, 6) is -1.38. The molecule has 1 N–H and O–H groups in total. The summed E-state index contributed by atoms with van der Waals surface area (Å²) >= 11 is 8.18. The minimum Gasteiger partial charge on any atom is -0.465 e. The van der Waals surface area contributed by atoms with Crippen molar-refractivity contribution >= 4 is 71.3 Å². The second kappa shape index (κ2) is 8.87. The van der Waals surface area contributed by atoms with E-state index in [2.05, 4.69) is 5.32 Å². The molecule has 1 fully saturated rings. The largest absolute Gasteiger partial charge is 0.465 e. The lowest BCUT2D eigenvalue weighted by molar-refractivity contribution is -0.120. The van der Waals surface area contributed by atoms with Gasteiger partial charge in [-0.05, 0) is 31.0 Å². The Kier molecular flexibility index (Phi) is 6.36. The van der Waals surface area contributed by atoms with E-state index in [1.54, 1.807) is 12.1 Å². The Morgan fingerprint density at radius 3 is 2.68 bits per heavy atom. The first-order valence-electron chi connectivity index (χ1n) is 9.47. The van der Waals surface area contributed by atoms with Gasteiger partial charge >= 0.3 is 5.97 Å². The molecule has 3 aromatic rings. The first-order valence-corrected chi connectivity index (χ1v) is 12.9. The minimum absolute atomic E-state index is 0.0716. The third kappa shape index (κ3) is 4.35. The summed E-state index contributed by atoms with van der Waals surface area (Å²) in [5.41, 5.74) is 0.310. The number of hydrogen-bond donors (Lipinski definition) is 1. The molecule has 0 radical (unpaired) electrons. The van der Waals surface area contributed by atoms with E-state index in [4.69, 9.17) is 16.3 Å². The highest BCUT2D eigenvalue weighted by atomic mass is 35.5. The van der Waals surface area contributed by atoms with Gasteiger partial charge in [0, 0.05) is 23.2 Å². The van der Waals surface area contributed by atoms with Gasteiger partial charge in [-0.15, -0.1) is 22.7 Å². The maximum Gasteiger partial charge on any atom is 0.341 e. The van der Waals surface area contributed by atoms with Gasteiger partial charge in [-0.2, -0.15) is 4.31 Å². The molecule has 3 heterocycles. The van der Waals surface area contributed by atoms with Crippen molar-refractivity contribution in [3.05, 3.63) is 46.3 Å². The number of sulfonamides is 1. The van der Waals surface area contributed by atoms with Crippen molar-refractivity contribution in [2.75, 3.05) is 25.5 Å². The molecule has 1 amide bonds. The maximum absolute atomic E-state index is 13.0. The van der Waals surface area contributed by atoms with E-state index in [1.807, 2.05) is 18.2 Å². The summed E-state index contributed by atoms with van der Waals surface area (Å²) in [6, 6.07) is 10.4. The first kappa shape index (κ1) is 22.2. The Morgan fingerprint density at radius 1 is 1.19 bits per heavy atom. The molecular weight excluding hydrogens is 480 g/mol. The molecule has 0 bridgehead atoms. The van der Waals surface area contributed by atoms with E-state index < -0.39 is 21.9 Å². The molecule has 164 valence electrons. The van der Waals surface area contributed by atoms with Crippen LogP contribution < -0.4 is 5.32 Å². The van der Waals surface area contributed by atoms with Crippen LogP contribution in [0.1, 0.15) is 23.2 Å². The standard InChI is InChI=1S/C20H19ClN2O5S3/c1-28-20(25)17-13-6-2-3-7-14(13)29-19(17)22-18(24)12-5-4-10-23(11-12)31(26,27)16-9-8-15(21)30-16/h2-3,6-9,12H,4-5,10-11H2,1H3,(H,22,24). The number of esters is 1. The van der Waals surface area contributed by atoms with E-state index in [-0.39, 0.29) is 16.7 Å². The molecule has 1 unspecified atom stereocenters. The van der Waals surface area contributed by atoms with Crippen LogP contribution in [0.2, 0.25) is 4.34 Å². The molecule has 31 heavy (non-hydrogen) atoms. The molecule has 0 aliphatic carbocycles. The third-order valence-electron chi connectivity index (χ3n) is 5.12. The van der Waals surface area contributed by atoms with E-state index in [9.17, 15) is 18.0 Å². The lowest BCUT2D eigenvalue weighted by Gasteiger charge is -2.30. The monoisotopic (exact) mass is 498 g/mol. The number of ether oxygens (including phenoxy) is 1. The van der Waals surface area contributed by atoms with Gasteiger partial charge in [0.05, 0.1) is 17.4 Å². The highest BCUT2D eigenvalue weighted by Crippen LogP contribution is 2.37. The normalized spacial score (nSPS) is 17.5. The number of carbonyl (C=O) groups excluding carboxylic acids is 2. The Morgan fingerprint density at radius 2 is 1.97 bits per heavy atom. The summed E-state index contributed by atoms with van der Waals surface area (Å²) in [4.78, 5) is 25.4. The van der Waals surface area contributed by atoms with E-state index in [0.29, 0.717) is 39.7 Å². The molecule has 1 saturated heterocycles. The SMILES string of the molecule is COC(=O)c1c(NC(=O)C2CCCN(S(=O)(=O)c3ccc(Cl)s3)C2)sc2ccccc12. The zero-order chi connectivity index (χ0) is 22.2. The molecule has 11 heteroatoms. The average molecular weight is 499 g/mol. The van der Waals surface area contributed by atoms with Crippen molar-refractivity contribution in [2.24, 2.45) is 5.92 Å². The van der Waals surface area contributed by atoms with Crippen LogP contribution >= 0.6 is 34.3 Å². The van der Waals surface area contributed by atoms with Crippen LogP contribution in [0.4, 0.5) is 5.00 Å². The van der Waals surface area contributed by atoms with Gasteiger partial charge in [-0.3, -0.25) is 4.79 Å². The number of nitrogens with one attached hydrogen (secondary N) is 1. The molecular formula is C20H19ClN2O5S3. The number of amides is 1. The fourth-order valence-electron chi connectivity index (χ4n) is 3.59. The minimum atomic E-state index is -3.71. The van der Waals surface area contributed by atoms with Crippen LogP contribution in [-0.2, 0) is 19.6 Å². The predicted molar refractivity (Wildman–Crippen MR) is 123 cm³/mol. The number of piperidine rings is 1. The predicted octanol–water partition coefficient (Wildman–Crippen LogP) is 4.44. The summed E-state index contributed by atoms with van der Waals surface area (Å²) in [5, 5.41) is 3.95. The molecule has 0 spiro atoms. The summed E-state index contributed by atoms with van der Waals surface area (Å²) in [6.45, 7) is 0.417. The quantitative estimate of drug-likeness (QED) is 0.525. The lowest BCUT2D eigenvalue weighted by Crippen LogP contribution is -2.43. The Balaban J connectivity index is 1.56. The second-order valence-electron chi connectivity index (χ2n) is 7.04.